The molecule has 0 aromatic heterocycles. The minimum atomic E-state index is -5.06. The molecule has 0 aliphatic heterocycles. The number of aromatic hydroxyl groups is 1. The third-order valence-corrected chi connectivity index (χ3v) is 7.02. The average Bonchev–Trinajstić information content (AvgIpc) is 2.95. The van der Waals surface area contributed by atoms with E-state index in [0.717, 1.165) is 12.1 Å². The molecule has 0 amide bonds. The van der Waals surface area contributed by atoms with Crippen LogP contribution < -0.4 is 94.4 Å². The zero-order chi connectivity index (χ0) is 30.2. The third-order valence-electron chi connectivity index (χ3n) is 6.17. The number of nitrogens with zero attached hydrogens (tertiary/aromatic N) is 4. The second kappa shape index (κ2) is 15.7. The Balaban J connectivity index is 0.00000235. The van der Waals surface area contributed by atoms with Gasteiger partial charge in [-0.25, -0.2) is 18.0 Å². The summed E-state index contributed by atoms with van der Waals surface area (Å²) in [5, 5.41) is 47.1. The average molecular weight is 654 g/mol. The fourth-order valence-corrected chi connectivity index (χ4v) is 4.86. The van der Waals surface area contributed by atoms with E-state index >= 15 is 0 Å². The molecule has 0 atom stereocenters. The fraction of sp³-hybridized carbons (Fsp3) is 0. The second-order valence-corrected chi connectivity index (χ2v) is 10.3. The van der Waals surface area contributed by atoms with Crippen molar-refractivity contribution < 1.29 is 127 Å². The number of nitrogen functional groups attached to an aromatic ring is 1. The minimum absolute atomic E-state index is 0. The first-order valence-electron chi connectivity index (χ1n) is 11.9. The van der Waals surface area contributed by atoms with Crippen LogP contribution in [-0.4, -0.2) is 40.2 Å². The Kier molecular flexibility index (Phi) is 13.4. The van der Waals surface area contributed by atoms with Gasteiger partial charge in [0, 0.05) is 21.8 Å². The summed E-state index contributed by atoms with van der Waals surface area (Å²) in [4.78, 5) is 22.0. The van der Waals surface area contributed by atoms with E-state index in [1.165, 1.54) is 42.5 Å². The van der Waals surface area contributed by atoms with Gasteiger partial charge in [-0.2, -0.15) is 5.11 Å². The quantitative estimate of drug-likeness (QED) is 0.0625. The van der Waals surface area contributed by atoms with Gasteiger partial charge in [-0.05, 0) is 53.9 Å². The van der Waals surface area contributed by atoms with Crippen LogP contribution in [0.2, 0.25) is 0 Å². The fourth-order valence-electron chi connectivity index (χ4n) is 4.22. The SMILES string of the molecule is Nc1ccc2cc(S(=O)(=O)[O-])c(N=Nc3ccc(N=Nc4cc(C(=O)O)cc(C(=O)O)c4)c4ccccc34)c(O)c2c1.[Na+].[Na+].[Na+]. The van der Waals surface area contributed by atoms with Crippen LogP contribution in [0.4, 0.5) is 28.4 Å². The van der Waals surface area contributed by atoms with Crippen molar-refractivity contribution >= 4 is 72.0 Å². The summed E-state index contributed by atoms with van der Waals surface area (Å²) in [5.41, 5.74) is 5.53. The number of rotatable bonds is 7. The van der Waals surface area contributed by atoms with Crippen LogP contribution in [0.3, 0.4) is 0 Å². The molecule has 0 spiro atoms. The molecule has 0 radical (unpaired) electrons. The van der Waals surface area contributed by atoms with Crippen molar-refractivity contribution in [2.45, 2.75) is 4.90 Å². The Labute approximate surface area is 321 Å². The van der Waals surface area contributed by atoms with E-state index in [9.17, 15) is 37.9 Å². The van der Waals surface area contributed by atoms with E-state index in [4.69, 9.17) is 5.73 Å². The summed E-state index contributed by atoms with van der Waals surface area (Å²) in [5.74, 6) is -3.25. The maximum absolute atomic E-state index is 12.0. The molecule has 0 heterocycles. The van der Waals surface area contributed by atoms with Crippen molar-refractivity contribution in [3.8, 4) is 5.75 Å². The van der Waals surface area contributed by atoms with Gasteiger partial charge in [-0.1, -0.05) is 30.3 Å². The van der Waals surface area contributed by atoms with E-state index in [1.54, 1.807) is 24.3 Å². The molecular weight excluding hydrogens is 635 g/mol. The van der Waals surface area contributed by atoms with Gasteiger partial charge >= 0.3 is 101 Å². The van der Waals surface area contributed by atoms with E-state index < -0.39 is 38.4 Å². The van der Waals surface area contributed by atoms with Crippen LogP contribution in [-0.2, 0) is 10.1 Å². The Bertz CT molecular complexity index is 2090. The molecule has 0 fully saturated rings. The number of hydrogen-bond acceptors (Lipinski definition) is 11. The zero-order valence-corrected chi connectivity index (χ0v) is 31.0. The van der Waals surface area contributed by atoms with Crippen molar-refractivity contribution in [1.82, 2.24) is 0 Å². The smallest absolute Gasteiger partial charge is 0.744 e. The van der Waals surface area contributed by atoms with Gasteiger partial charge in [0.05, 0.1) is 33.1 Å². The standard InChI is InChI=1S/C28H19N5O8S.3Na/c29-17-6-5-14-12-24(42(39,40)41)25(26(34)21(14)13-17)33-32-23-8-7-22(19-3-1-2-4-20(19)23)31-30-18-10-15(27(35)36)9-16(11-18)28(37)38;;;/h1-13,34H,29H2,(H,35,36)(H,37,38)(H,39,40,41);;;/q;3*+1/p-1. The molecule has 5 N–H and O–H groups in total. The number of phenols is 1. The molecule has 0 aliphatic carbocycles. The molecule has 0 saturated heterocycles. The van der Waals surface area contributed by atoms with Gasteiger partial charge in [-0.3, -0.25) is 0 Å². The number of carboxylic acid groups (broad SMARTS) is 2. The van der Waals surface area contributed by atoms with Gasteiger partial charge in [0.15, 0.2) is 5.75 Å². The molecule has 5 aromatic rings. The van der Waals surface area contributed by atoms with E-state index in [0.29, 0.717) is 22.1 Å². The molecule has 5 aromatic carbocycles. The topological polar surface area (TPSA) is 227 Å². The molecule has 0 saturated carbocycles. The largest absolute Gasteiger partial charge is 1.00 e. The van der Waals surface area contributed by atoms with E-state index in [-0.39, 0.29) is 122 Å². The van der Waals surface area contributed by atoms with E-state index in [1.807, 2.05) is 0 Å². The summed E-state index contributed by atoms with van der Waals surface area (Å²) in [6, 6.07) is 18.5. The Morgan fingerprint density at radius 2 is 1.22 bits per heavy atom. The van der Waals surface area contributed by atoms with Gasteiger partial charge < -0.3 is 25.6 Å². The van der Waals surface area contributed by atoms with Gasteiger partial charge in [0.25, 0.3) is 0 Å². The van der Waals surface area contributed by atoms with Crippen LogP contribution >= 0.6 is 0 Å². The first kappa shape index (κ1) is 38.5. The number of anilines is 1. The summed E-state index contributed by atoms with van der Waals surface area (Å²) in [6.45, 7) is 0. The predicted molar refractivity (Wildman–Crippen MR) is 151 cm³/mol. The second-order valence-electron chi connectivity index (χ2n) is 8.93. The van der Waals surface area contributed by atoms with Crippen molar-refractivity contribution in [3.05, 3.63) is 90.0 Å². The molecule has 0 unspecified atom stereocenters. The van der Waals surface area contributed by atoms with Crippen LogP contribution in [0.5, 0.6) is 5.75 Å². The third kappa shape index (κ3) is 8.55. The van der Waals surface area contributed by atoms with Crippen molar-refractivity contribution in [2.24, 2.45) is 20.5 Å². The molecule has 0 bridgehead atoms. The minimum Gasteiger partial charge on any atom is -0.744 e. The van der Waals surface area contributed by atoms with Crippen molar-refractivity contribution in [1.29, 1.82) is 0 Å². The number of carbonyl (C=O) groups is 2. The van der Waals surface area contributed by atoms with Gasteiger partial charge in [0.1, 0.15) is 15.8 Å². The van der Waals surface area contributed by atoms with Gasteiger partial charge in [-0.15, -0.1) is 15.3 Å². The van der Waals surface area contributed by atoms with E-state index in [2.05, 4.69) is 20.5 Å². The Morgan fingerprint density at radius 1 is 0.689 bits per heavy atom. The number of carboxylic acids is 2. The van der Waals surface area contributed by atoms with Crippen LogP contribution in [0, 0.1) is 0 Å². The van der Waals surface area contributed by atoms with Crippen molar-refractivity contribution in [2.75, 3.05) is 5.73 Å². The van der Waals surface area contributed by atoms with Crippen LogP contribution in [0.15, 0.2) is 104 Å². The molecule has 210 valence electrons. The number of aromatic carboxylic acids is 2. The van der Waals surface area contributed by atoms with Crippen molar-refractivity contribution in [3.63, 3.8) is 0 Å². The monoisotopic (exact) mass is 653 g/mol. The molecule has 0 aliphatic rings. The predicted octanol–water partition coefficient (Wildman–Crippen LogP) is -2.58. The Hall–Kier alpha value is -2.73. The molecule has 17 heteroatoms. The first-order valence-corrected chi connectivity index (χ1v) is 13.3. The number of nitrogens with two attached hydrogens (primary N) is 1. The summed E-state index contributed by atoms with van der Waals surface area (Å²) in [6.07, 6.45) is 0. The summed E-state index contributed by atoms with van der Waals surface area (Å²) < 4.78 is 36.0. The first-order chi connectivity index (χ1) is 19.9. The zero-order valence-electron chi connectivity index (χ0n) is 24.2. The van der Waals surface area contributed by atoms with Gasteiger partial charge in [0.2, 0.25) is 0 Å². The Morgan fingerprint density at radius 3 is 1.73 bits per heavy atom. The molecule has 13 nitrogen and oxygen atoms in total. The summed E-state index contributed by atoms with van der Waals surface area (Å²) in [7, 11) is -5.06. The number of fused-ring (bicyclic) bond motifs is 2. The molecule has 5 rings (SSSR count). The number of benzene rings is 5. The normalized spacial score (nSPS) is 11.2. The number of hydrogen-bond donors (Lipinski definition) is 4. The molecular formula is C28H18N5Na3O8S+2. The number of phenolic OH excluding ortho intramolecular Hbond substituents is 1. The maximum Gasteiger partial charge on any atom is 1.00 e. The number of azo groups is 2. The van der Waals surface area contributed by atoms with Crippen LogP contribution in [0.1, 0.15) is 20.7 Å². The van der Waals surface area contributed by atoms with Crippen LogP contribution in [0.25, 0.3) is 21.5 Å². The molecule has 45 heavy (non-hydrogen) atoms. The maximum atomic E-state index is 12.0. The summed E-state index contributed by atoms with van der Waals surface area (Å²) >= 11 is 0.